The predicted molar refractivity (Wildman–Crippen MR) is 52.0 cm³/mol. The molecule has 2 aromatic rings. The zero-order valence-electron chi connectivity index (χ0n) is 7.77. The number of aromatic nitrogens is 2. The smallest absolute Gasteiger partial charge is 0.159 e. The van der Waals surface area contributed by atoms with E-state index in [9.17, 15) is 5.11 Å². The first kappa shape index (κ1) is 8.90. The second-order valence-corrected chi connectivity index (χ2v) is 2.84. The lowest BCUT2D eigenvalue weighted by molar-refractivity contribution is 0.275. The van der Waals surface area contributed by atoms with E-state index in [2.05, 4.69) is 9.97 Å². The maximum atomic E-state index is 9.21. The number of aliphatic hydroxyl groups is 1. The number of ether oxygens (including phenoxy) is 1. The average Bonchev–Trinajstić information content (AvgIpc) is 2.27. The van der Waals surface area contributed by atoms with Gasteiger partial charge < -0.3 is 9.84 Å². The van der Waals surface area contributed by atoms with Crippen molar-refractivity contribution in [3.63, 3.8) is 0 Å². The third-order valence-corrected chi connectivity index (χ3v) is 2.09. The van der Waals surface area contributed by atoms with Gasteiger partial charge in [-0.1, -0.05) is 0 Å². The van der Waals surface area contributed by atoms with Crippen LogP contribution in [0.5, 0.6) is 5.75 Å². The highest BCUT2D eigenvalue weighted by molar-refractivity contribution is 5.80. The molecule has 4 heteroatoms. The Morgan fingerprint density at radius 1 is 1.43 bits per heavy atom. The molecule has 0 amide bonds. The van der Waals surface area contributed by atoms with Crippen molar-refractivity contribution < 1.29 is 9.84 Å². The maximum Gasteiger partial charge on any atom is 0.159 e. The summed E-state index contributed by atoms with van der Waals surface area (Å²) in [5, 5.41) is 10.0. The van der Waals surface area contributed by atoms with Crippen molar-refractivity contribution in [2.45, 2.75) is 6.61 Å². The molecule has 72 valence electrons. The van der Waals surface area contributed by atoms with Crippen LogP contribution in [0, 0.1) is 0 Å². The van der Waals surface area contributed by atoms with Gasteiger partial charge in [-0.15, -0.1) is 0 Å². The summed E-state index contributed by atoms with van der Waals surface area (Å²) in [6.07, 6.45) is 3.24. The molecule has 2 rings (SSSR count). The number of nitrogens with zero attached hydrogens (tertiary/aromatic N) is 2. The Bertz CT molecular complexity index is 457. The molecule has 0 saturated heterocycles. The lowest BCUT2D eigenvalue weighted by Gasteiger charge is -2.07. The summed E-state index contributed by atoms with van der Waals surface area (Å²) in [7, 11) is 1.55. The van der Waals surface area contributed by atoms with Gasteiger partial charge >= 0.3 is 0 Å². The van der Waals surface area contributed by atoms with Gasteiger partial charge in [0.15, 0.2) is 5.65 Å². The van der Waals surface area contributed by atoms with Gasteiger partial charge in [0, 0.05) is 17.1 Å². The highest BCUT2D eigenvalue weighted by atomic mass is 16.5. The Labute approximate surface area is 81.2 Å². The molecule has 0 saturated carbocycles. The maximum absolute atomic E-state index is 9.21. The quantitative estimate of drug-likeness (QED) is 0.771. The largest absolute Gasteiger partial charge is 0.495 e. The van der Waals surface area contributed by atoms with Crippen molar-refractivity contribution in [3.05, 3.63) is 30.1 Å². The van der Waals surface area contributed by atoms with Crippen LogP contribution in [0.15, 0.2) is 24.5 Å². The molecule has 4 nitrogen and oxygen atoms in total. The van der Waals surface area contributed by atoms with Crippen LogP contribution in [0.3, 0.4) is 0 Å². The van der Waals surface area contributed by atoms with Crippen LogP contribution in [-0.4, -0.2) is 22.2 Å². The number of hydrogen-bond acceptors (Lipinski definition) is 4. The third kappa shape index (κ3) is 1.29. The average molecular weight is 190 g/mol. The highest BCUT2D eigenvalue weighted by Crippen LogP contribution is 2.24. The molecule has 0 radical (unpaired) electrons. The minimum absolute atomic E-state index is 0.0755. The van der Waals surface area contributed by atoms with Crippen molar-refractivity contribution in [2.24, 2.45) is 0 Å². The fourth-order valence-corrected chi connectivity index (χ4v) is 1.40. The van der Waals surface area contributed by atoms with Crippen LogP contribution < -0.4 is 4.74 Å². The Balaban J connectivity index is 2.77. The zero-order chi connectivity index (χ0) is 9.97. The van der Waals surface area contributed by atoms with E-state index in [4.69, 9.17) is 4.74 Å². The molecular formula is C10H10N2O2. The molecular weight excluding hydrogens is 180 g/mol. The topological polar surface area (TPSA) is 55.2 Å². The number of rotatable bonds is 2. The van der Waals surface area contributed by atoms with Crippen LogP contribution in [0.4, 0.5) is 0 Å². The van der Waals surface area contributed by atoms with Gasteiger partial charge in [-0.3, -0.25) is 0 Å². The van der Waals surface area contributed by atoms with Gasteiger partial charge in [-0.25, -0.2) is 9.97 Å². The van der Waals surface area contributed by atoms with Crippen molar-refractivity contribution in [1.29, 1.82) is 0 Å². The molecule has 0 aliphatic heterocycles. The Kier molecular flexibility index (Phi) is 2.28. The Morgan fingerprint density at radius 2 is 2.29 bits per heavy atom. The first-order valence-corrected chi connectivity index (χ1v) is 4.24. The summed E-state index contributed by atoms with van der Waals surface area (Å²) < 4.78 is 5.09. The minimum Gasteiger partial charge on any atom is -0.495 e. The van der Waals surface area contributed by atoms with Gasteiger partial charge in [0.2, 0.25) is 0 Å². The zero-order valence-corrected chi connectivity index (χ0v) is 7.77. The van der Waals surface area contributed by atoms with Gasteiger partial charge in [0.1, 0.15) is 5.75 Å². The first-order valence-electron chi connectivity index (χ1n) is 4.24. The second-order valence-electron chi connectivity index (χ2n) is 2.84. The van der Waals surface area contributed by atoms with Gasteiger partial charge in [0.05, 0.1) is 19.9 Å². The predicted octanol–water partition coefficient (Wildman–Crippen LogP) is 1.13. The Hall–Kier alpha value is -1.68. The summed E-state index contributed by atoms with van der Waals surface area (Å²) >= 11 is 0. The van der Waals surface area contributed by atoms with E-state index >= 15 is 0 Å². The monoisotopic (exact) mass is 190 g/mol. The Morgan fingerprint density at radius 3 is 3.00 bits per heavy atom. The normalized spacial score (nSPS) is 10.4. The van der Waals surface area contributed by atoms with E-state index in [0.29, 0.717) is 11.4 Å². The van der Waals surface area contributed by atoms with Crippen LogP contribution >= 0.6 is 0 Å². The van der Waals surface area contributed by atoms with E-state index in [1.807, 2.05) is 12.1 Å². The van der Waals surface area contributed by atoms with E-state index in [1.54, 1.807) is 19.5 Å². The molecule has 2 aromatic heterocycles. The number of methoxy groups -OCH3 is 1. The molecule has 0 unspecified atom stereocenters. The van der Waals surface area contributed by atoms with Crippen LogP contribution in [-0.2, 0) is 6.61 Å². The van der Waals surface area contributed by atoms with E-state index < -0.39 is 0 Å². The summed E-state index contributed by atoms with van der Waals surface area (Å²) in [5.41, 5.74) is 1.35. The molecule has 2 heterocycles. The molecule has 0 bridgehead atoms. The SMILES string of the molecule is COc1cnc2ncccc2c1CO. The summed E-state index contributed by atoms with van der Waals surface area (Å²) in [6, 6.07) is 3.67. The third-order valence-electron chi connectivity index (χ3n) is 2.09. The van der Waals surface area contributed by atoms with E-state index in [0.717, 1.165) is 10.9 Å². The molecule has 0 aliphatic rings. The van der Waals surface area contributed by atoms with Crippen LogP contribution in [0.1, 0.15) is 5.56 Å². The second kappa shape index (κ2) is 3.59. The van der Waals surface area contributed by atoms with Crippen molar-refractivity contribution in [3.8, 4) is 5.75 Å². The minimum atomic E-state index is -0.0755. The summed E-state index contributed by atoms with van der Waals surface area (Å²) in [4.78, 5) is 8.20. The van der Waals surface area contributed by atoms with E-state index in [1.165, 1.54) is 0 Å². The lowest BCUT2D eigenvalue weighted by atomic mass is 10.1. The molecule has 1 N–H and O–H groups in total. The van der Waals surface area contributed by atoms with Crippen molar-refractivity contribution >= 4 is 11.0 Å². The number of fused-ring (bicyclic) bond motifs is 1. The molecule has 0 spiro atoms. The highest BCUT2D eigenvalue weighted by Gasteiger charge is 2.07. The van der Waals surface area contributed by atoms with Gasteiger partial charge in [0.25, 0.3) is 0 Å². The van der Waals surface area contributed by atoms with E-state index in [-0.39, 0.29) is 6.61 Å². The molecule has 0 fully saturated rings. The van der Waals surface area contributed by atoms with Crippen LogP contribution in [0.25, 0.3) is 11.0 Å². The van der Waals surface area contributed by atoms with Crippen LogP contribution in [0.2, 0.25) is 0 Å². The molecule has 0 aliphatic carbocycles. The fourth-order valence-electron chi connectivity index (χ4n) is 1.40. The number of pyridine rings is 2. The summed E-state index contributed by atoms with van der Waals surface area (Å²) in [6.45, 7) is -0.0755. The molecule has 0 aromatic carbocycles. The van der Waals surface area contributed by atoms with Crippen molar-refractivity contribution in [2.75, 3.05) is 7.11 Å². The first-order chi connectivity index (χ1) is 6.86. The fraction of sp³-hybridized carbons (Fsp3) is 0.200. The van der Waals surface area contributed by atoms with Gasteiger partial charge in [-0.05, 0) is 12.1 Å². The molecule has 14 heavy (non-hydrogen) atoms. The molecule has 0 atom stereocenters. The standard InChI is InChI=1S/C10H10N2O2/c1-14-9-5-12-10-7(8(9)6-13)3-2-4-11-10/h2-5,13H,6H2,1H3. The van der Waals surface area contributed by atoms with Gasteiger partial charge in [-0.2, -0.15) is 0 Å². The van der Waals surface area contributed by atoms with Crippen molar-refractivity contribution in [1.82, 2.24) is 9.97 Å². The lowest BCUT2D eigenvalue weighted by Crippen LogP contribution is -1.96. The summed E-state index contributed by atoms with van der Waals surface area (Å²) in [5.74, 6) is 0.591. The number of aliphatic hydroxyl groups excluding tert-OH is 1. The number of hydrogen-bond donors (Lipinski definition) is 1.